The maximum absolute atomic E-state index is 13.5. The molecule has 2 atom stereocenters. The molecule has 3 N–H and O–H groups in total. The van der Waals surface area contributed by atoms with Crippen LogP contribution in [0.5, 0.6) is 0 Å². The first-order valence-corrected chi connectivity index (χ1v) is 14.0. The molecule has 0 spiro atoms. The second kappa shape index (κ2) is 13.2. The number of rotatable bonds is 11. The SMILES string of the molecule is CCOC(=O)C1(NC(=O)C(NC(=O)Cn2nc(-c3ccc(Cl)cc3)n(C[C@H](O)C(F)(F)F)c2=O)c2cccc(C(F)(F)F)c2)CC1. The van der Waals surface area contributed by atoms with E-state index in [2.05, 4.69) is 15.7 Å². The molecule has 0 radical (unpaired) electrons. The van der Waals surface area contributed by atoms with E-state index in [1.165, 1.54) is 31.2 Å². The van der Waals surface area contributed by atoms with Crippen molar-refractivity contribution in [3.8, 4) is 11.4 Å². The summed E-state index contributed by atoms with van der Waals surface area (Å²) in [5, 5.41) is 18.5. The molecule has 1 unspecified atom stereocenters. The van der Waals surface area contributed by atoms with Crippen LogP contribution in [0.15, 0.2) is 53.3 Å². The number of aliphatic hydroxyl groups excluding tert-OH is 1. The molecule has 18 heteroatoms. The Morgan fingerprint density at radius 3 is 2.30 bits per heavy atom. The average molecular weight is 678 g/mol. The van der Waals surface area contributed by atoms with Gasteiger partial charge in [0.05, 0.1) is 18.7 Å². The zero-order valence-corrected chi connectivity index (χ0v) is 24.5. The smallest absolute Gasteiger partial charge is 0.416 e. The second-order valence-corrected chi connectivity index (χ2v) is 10.8. The Hall–Kier alpha value is -4.38. The fourth-order valence-corrected chi connectivity index (χ4v) is 4.54. The van der Waals surface area contributed by atoms with Crippen molar-refractivity contribution in [2.24, 2.45) is 0 Å². The van der Waals surface area contributed by atoms with Crippen molar-refractivity contribution in [3.05, 3.63) is 75.2 Å². The van der Waals surface area contributed by atoms with Crippen LogP contribution in [0.4, 0.5) is 26.3 Å². The lowest BCUT2D eigenvalue weighted by atomic mass is 10.0. The number of hydrogen-bond donors (Lipinski definition) is 3. The van der Waals surface area contributed by atoms with Crippen molar-refractivity contribution in [1.82, 2.24) is 25.0 Å². The summed E-state index contributed by atoms with van der Waals surface area (Å²) < 4.78 is 85.8. The van der Waals surface area contributed by atoms with Crippen molar-refractivity contribution >= 4 is 29.4 Å². The van der Waals surface area contributed by atoms with Crippen LogP contribution in [0.2, 0.25) is 5.02 Å². The molecular formula is C28H26ClF6N5O6. The van der Waals surface area contributed by atoms with Crippen LogP contribution in [-0.4, -0.2) is 61.7 Å². The van der Waals surface area contributed by atoms with Crippen LogP contribution < -0.4 is 16.3 Å². The molecule has 3 aromatic rings. The molecule has 1 heterocycles. The molecule has 4 rings (SSSR count). The summed E-state index contributed by atoms with van der Waals surface area (Å²) in [6.45, 7) is -0.760. The number of benzene rings is 2. The number of amides is 2. The van der Waals surface area contributed by atoms with E-state index in [1.54, 1.807) is 0 Å². The number of nitrogens with zero attached hydrogens (tertiary/aromatic N) is 3. The van der Waals surface area contributed by atoms with Crippen molar-refractivity contribution in [2.75, 3.05) is 6.61 Å². The number of halogens is 7. The van der Waals surface area contributed by atoms with Gasteiger partial charge in [-0.2, -0.15) is 26.3 Å². The monoisotopic (exact) mass is 677 g/mol. The zero-order chi connectivity index (χ0) is 34.0. The van der Waals surface area contributed by atoms with E-state index in [0.29, 0.717) is 15.3 Å². The number of alkyl halides is 6. The molecule has 1 aromatic heterocycles. The normalized spacial score (nSPS) is 15.5. The van der Waals surface area contributed by atoms with Crippen LogP contribution in [-0.2, 0) is 38.4 Å². The van der Waals surface area contributed by atoms with Gasteiger partial charge in [-0.05, 0) is 61.7 Å². The summed E-state index contributed by atoms with van der Waals surface area (Å²) in [4.78, 5) is 52.1. The summed E-state index contributed by atoms with van der Waals surface area (Å²) in [7, 11) is 0. The first-order valence-electron chi connectivity index (χ1n) is 13.6. The maximum atomic E-state index is 13.5. The van der Waals surface area contributed by atoms with Gasteiger partial charge in [-0.1, -0.05) is 23.7 Å². The van der Waals surface area contributed by atoms with Crippen molar-refractivity contribution in [3.63, 3.8) is 0 Å². The van der Waals surface area contributed by atoms with E-state index in [4.69, 9.17) is 16.3 Å². The third-order valence-electron chi connectivity index (χ3n) is 6.95. The van der Waals surface area contributed by atoms with E-state index in [9.17, 15) is 50.6 Å². The van der Waals surface area contributed by atoms with Crippen LogP contribution in [0.3, 0.4) is 0 Å². The van der Waals surface area contributed by atoms with Gasteiger partial charge < -0.3 is 20.5 Å². The number of esters is 1. The van der Waals surface area contributed by atoms with Gasteiger partial charge in [0.15, 0.2) is 11.9 Å². The molecule has 11 nitrogen and oxygen atoms in total. The van der Waals surface area contributed by atoms with Crippen LogP contribution in [0.25, 0.3) is 11.4 Å². The van der Waals surface area contributed by atoms with E-state index >= 15 is 0 Å². The largest absolute Gasteiger partial charge is 0.464 e. The van der Waals surface area contributed by atoms with E-state index in [0.717, 1.165) is 18.2 Å². The van der Waals surface area contributed by atoms with E-state index < -0.39 is 72.2 Å². The minimum absolute atomic E-state index is 0.0103. The molecule has 0 bridgehead atoms. The number of carbonyl (C=O) groups excluding carboxylic acids is 3. The second-order valence-electron chi connectivity index (χ2n) is 10.4. The minimum Gasteiger partial charge on any atom is -0.464 e. The van der Waals surface area contributed by atoms with Gasteiger partial charge in [0.1, 0.15) is 18.1 Å². The Kier molecular flexibility index (Phi) is 9.86. The first-order chi connectivity index (χ1) is 21.4. The quantitative estimate of drug-likeness (QED) is 0.209. The van der Waals surface area contributed by atoms with Crippen LogP contribution >= 0.6 is 11.6 Å². The Morgan fingerprint density at radius 1 is 1.09 bits per heavy atom. The molecule has 1 aliphatic carbocycles. The molecule has 1 aliphatic rings. The van der Waals surface area contributed by atoms with Crippen molar-refractivity contribution in [2.45, 2.75) is 62.9 Å². The number of aliphatic hydroxyl groups is 1. The number of hydrogen-bond acceptors (Lipinski definition) is 7. The van der Waals surface area contributed by atoms with Gasteiger partial charge in [-0.15, -0.1) is 5.10 Å². The molecule has 2 aromatic carbocycles. The van der Waals surface area contributed by atoms with Gasteiger partial charge in [-0.25, -0.2) is 14.3 Å². The molecule has 0 saturated heterocycles. The van der Waals surface area contributed by atoms with Crippen molar-refractivity contribution in [1.29, 1.82) is 0 Å². The summed E-state index contributed by atoms with van der Waals surface area (Å²) in [6, 6.07) is 7.04. The highest BCUT2D eigenvalue weighted by molar-refractivity contribution is 6.30. The molecular weight excluding hydrogens is 652 g/mol. The molecule has 1 saturated carbocycles. The minimum atomic E-state index is -5.11. The lowest BCUT2D eigenvalue weighted by Gasteiger charge is -2.23. The molecule has 1 fully saturated rings. The fourth-order valence-electron chi connectivity index (χ4n) is 4.42. The molecule has 0 aliphatic heterocycles. The van der Waals surface area contributed by atoms with Crippen molar-refractivity contribution < 1.29 is 50.6 Å². The Morgan fingerprint density at radius 2 is 1.74 bits per heavy atom. The first kappa shape index (κ1) is 34.5. The number of aromatic nitrogens is 3. The fraction of sp³-hybridized carbons (Fsp3) is 0.393. The lowest BCUT2D eigenvalue weighted by molar-refractivity contribution is -0.207. The number of nitrogens with one attached hydrogen (secondary N) is 2. The number of carbonyl (C=O) groups is 3. The average Bonchev–Trinajstić information content (AvgIpc) is 3.70. The number of ether oxygens (including phenoxy) is 1. The highest BCUT2D eigenvalue weighted by Gasteiger charge is 2.53. The van der Waals surface area contributed by atoms with Crippen LogP contribution in [0, 0.1) is 0 Å². The van der Waals surface area contributed by atoms with Gasteiger partial charge in [0.2, 0.25) is 11.8 Å². The third-order valence-corrected chi connectivity index (χ3v) is 7.20. The molecule has 46 heavy (non-hydrogen) atoms. The van der Waals surface area contributed by atoms with E-state index in [-0.39, 0.29) is 41.4 Å². The summed E-state index contributed by atoms with van der Waals surface area (Å²) in [5.41, 5.74) is -4.06. The van der Waals surface area contributed by atoms with Gasteiger partial charge in [0, 0.05) is 10.6 Å². The maximum Gasteiger partial charge on any atom is 0.416 e. The predicted molar refractivity (Wildman–Crippen MR) is 148 cm³/mol. The van der Waals surface area contributed by atoms with Crippen LogP contribution in [0.1, 0.15) is 36.9 Å². The highest BCUT2D eigenvalue weighted by atomic mass is 35.5. The zero-order valence-electron chi connectivity index (χ0n) is 23.8. The summed E-state index contributed by atoms with van der Waals surface area (Å²) in [6.07, 6.45) is -12.6. The summed E-state index contributed by atoms with van der Waals surface area (Å²) >= 11 is 5.87. The molecule has 248 valence electrons. The van der Waals surface area contributed by atoms with Gasteiger partial charge >= 0.3 is 24.0 Å². The lowest BCUT2D eigenvalue weighted by Crippen LogP contribution is -2.50. The molecule has 2 amide bonds. The third kappa shape index (κ3) is 7.88. The van der Waals surface area contributed by atoms with Gasteiger partial charge in [0.25, 0.3) is 0 Å². The highest BCUT2D eigenvalue weighted by Crippen LogP contribution is 2.38. The van der Waals surface area contributed by atoms with E-state index in [1.807, 2.05) is 0 Å². The standard InChI is InChI=1S/C28H26ClF6N5O6/c1-2-46-24(44)26(10-11-26)37-23(43)21(16-4-3-5-17(12-16)27(30,31)32)36-20(42)14-40-25(45)39(13-19(41)28(33,34)35)22(38-40)15-6-8-18(29)9-7-15/h3-9,12,19,21,41H,2,10-11,13-14H2,1H3,(H,36,42)(H,37,43)/t19-,21?/m0/s1. The summed E-state index contributed by atoms with van der Waals surface area (Å²) in [5.74, 6) is -3.35. The Labute approximate surface area is 261 Å². The topological polar surface area (TPSA) is 145 Å². The van der Waals surface area contributed by atoms with Gasteiger partial charge in [-0.3, -0.25) is 14.2 Å². The Balaban J connectivity index is 1.66. The predicted octanol–water partition coefficient (Wildman–Crippen LogP) is 3.38. The Bertz CT molecular complexity index is 1670.